The molecular weight excluding hydrogens is 360 g/mol. The van der Waals surface area contributed by atoms with Gasteiger partial charge in [0.2, 0.25) is 0 Å². The Morgan fingerprint density at radius 2 is 1.28 bits per heavy atom. The fourth-order valence-corrected chi connectivity index (χ4v) is 4.03. The molecular formula is C25H32N2O2. The van der Waals surface area contributed by atoms with Gasteiger partial charge in [-0.1, -0.05) is 12.1 Å². The summed E-state index contributed by atoms with van der Waals surface area (Å²) in [5.41, 5.74) is 9.06. The first kappa shape index (κ1) is 21.1. The van der Waals surface area contributed by atoms with Crippen LogP contribution >= 0.6 is 0 Å². The smallest absolute Gasteiger partial charge is 0.254 e. The van der Waals surface area contributed by atoms with E-state index in [0.717, 1.165) is 24.0 Å². The first-order chi connectivity index (χ1) is 13.6. The van der Waals surface area contributed by atoms with Crippen LogP contribution in [0.25, 0.3) is 0 Å². The minimum absolute atomic E-state index is 0.0712. The predicted octanol–water partition coefficient (Wildman–Crippen LogP) is 4.30. The van der Waals surface area contributed by atoms with Gasteiger partial charge in [-0.3, -0.25) is 9.59 Å². The Labute approximate surface area is 174 Å². The third-order valence-corrected chi connectivity index (χ3v) is 6.31. The van der Waals surface area contributed by atoms with Crippen molar-refractivity contribution in [1.82, 2.24) is 10.2 Å². The van der Waals surface area contributed by atoms with Crippen LogP contribution in [0.1, 0.15) is 67.9 Å². The molecule has 0 spiro atoms. The molecule has 2 heterocycles. The van der Waals surface area contributed by atoms with Crippen LogP contribution in [0.2, 0.25) is 0 Å². The maximum atomic E-state index is 12.0. The zero-order valence-electron chi connectivity index (χ0n) is 18.6. The Kier molecular flexibility index (Phi) is 5.83. The lowest BCUT2D eigenvalue weighted by Crippen LogP contribution is -2.41. The fraction of sp³-hybridized carbons (Fsp3) is 0.440. The topological polar surface area (TPSA) is 49.4 Å². The molecule has 1 N–H and O–H groups in total. The highest BCUT2D eigenvalue weighted by Gasteiger charge is 2.27. The molecule has 0 aliphatic carbocycles. The molecule has 0 aromatic heterocycles. The van der Waals surface area contributed by atoms with Crippen LogP contribution in [0, 0.1) is 27.7 Å². The molecule has 4 rings (SSSR count). The number of nitrogens with one attached hydrogen (secondary N) is 1. The normalized spacial score (nSPS) is 20.3. The molecule has 2 aromatic carbocycles. The monoisotopic (exact) mass is 392 g/mol. The number of carbonyl (C=O) groups excluding carboxylic acids is 2. The molecule has 0 radical (unpaired) electrons. The molecule has 2 aromatic rings. The molecule has 0 saturated carbocycles. The average molecular weight is 393 g/mol. The van der Waals surface area contributed by atoms with Crippen molar-refractivity contribution in [3.05, 3.63) is 68.8 Å². The van der Waals surface area contributed by atoms with Crippen LogP contribution < -0.4 is 5.32 Å². The van der Waals surface area contributed by atoms with Gasteiger partial charge in [0.25, 0.3) is 11.8 Å². The van der Waals surface area contributed by atoms with Gasteiger partial charge >= 0.3 is 0 Å². The molecule has 4 nitrogen and oxygen atoms in total. The quantitative estimate of drug-likeness (QED) is 0.727. The highest BCUT2D eigenvalue weighted by Crippen LogP contribution is 2.25. The molecule has 2 aliphatic heterocycles. The molecule has 0 saturated heterocycles. The number of fused-ring (bicyclic) bond motifs is 2. The van der Waals surface area contributed by atoms with Crippen molar-refractivity contribution in [1.29, 1.82) is 0 Å². The van der Waals surface area contributed by atoms with E-state index < -0.39 is 0 Å². The number of likely N-dealkylation sites (N-methyl/N-ethyl adjacent to an activating group) is 1. The summed E-state index contributed by atoms with van der Waals surface area (Å²) >= 11 is 0. The summed E-state index contributed by atoms with van der Waals surface area (Å²) in [6.07, 6.45) is 1.92. The van der Waals surface area contributed by atoms with Crippen molar-refractivity contribution < 1.29 is 9.59 Å². The van der Waals surface area contributed by atoms with E-state index in [-0.39, 0.29) is 17.9 Å². The molecule has 0 bridgehead atoms. The number of rotatable bonds is 0. The lowest BCUT2D eigenvalue weighted by atomic mass is 9.91. The summed E-state index contributed by atoms with van der Waals surface area (Å²) in [6.45, 7) is 12.4. The Hall–Kier alpha value is -2.62. The largest absolute Gasteiger partial charge is 0.349 e. The van der Waals surface area contributed by atoms with Crippen LogP contribution in [0.4, 0.5) is 0 Å². The van der Waals surface area contributed by atoms with Crippen molar-refractivity contribution in [2.24, 2.45) is 0 Å². The van der Waals surface area contributed by atoms with E-state index in [1.54, 1.807) is 0 Å². The van der Waals surface area contributed by atoms with Crippen LogP contribution in [-0.4, -0.2) is 35.8 Å². The zero-order valence-corrected chi connectivity index (χ0v) is 18.6. The maximum absolute atomic E-state index is 12.0. The van der Waals surface area contributed by atoms with Gasteiger partial charge in [0.15, 0.2) is 0 Å². The molecule has 29 heavy (non-hydrogen) atoms. The van der Waals surface area contributed by atoms with Gasteiger partial charge < -0.3 is 10.2 Å². The third kappa shape index (κ3) is 4.21. The van der Waals surface area contributed by atoms with Gasteiger partial charge in [-0.15, -0.1) is 0 Å². The van der Waals surface area contributed by atoms with Crippen LogP contribution in [0.15, 0.2) is 24.3 Å². The second-order valence-corrected chi connectivity index (χ2v) is 8.74. The SMILES string of the molecule is Cc1cc2c(cc1C)C(=O)N(C)C(C)C2.Cc1cc2c(cc1C)C(=O)NC(C)C2. The van der Waals surface area contributed by atoms with Crippen molar-refractivity contribution >= 4 is 11.8 Å². The average Bonchev–Trinajstić information content (AvgIpc) is 2.64. The van der Waals surface area contributed by atoms with E-state index in [4.69, 9.17) is 0 Å². The molecule has 2 amide bonds. The minimum atomic E-state index is 0.0712. The molecule has 2 aliphatic rings. The van der Waals surface area contributed by atoms with Gasteiger partial charge in [-0.25, -0.2) is 0 Å². The van der Waals surface area contributed by atoms with E-state index in [2.05, 4.69) is 45.1 Å². The van der Waals surface area contributed by atoms with Gasteiger partial charge in [0.1, 0.15) is 0 Å². The van der Waals surface area contributed by atoms with Crippen LogP contribution in [-0.2, 0) is 12.8 Å². The van der Waals surface area contributed by atoms with Gasteiger partial charge in [0, 0.05) is 30.3 Å². The Morgan fingerprint density at radius 3 is 1.86 bits per heavy atom. The van der Waals surface area contributed by atoms with Crippen molar-refractivity contribution in [2.45, 2.75) is 66.5 Å². The molecule has 2 unspecified atom stereocenters. The third-order valence-electron chi connectivity index (χ3n) is 6.31. The number of nitrogens with zero attached hydrogens (tertiary/aromatic N) is 1. The van der Waals surface area contributed by atoms with Crippen molar-refractivity contribution in [3.63, 3.8) is 0 Å². The summed E-state index contributed by atoms with van der Waals surface area (Å²) in [5.74, 6) is 0.230. The second kappa shape index (κ2) is 8.02. The standard InChI is InChI=1S/C13H17NO.C12H15NO/c1-8-5-11-7-10(3)14(4)13(15)12(11)6-9(8)2;1-7-4-10-6-9(3)13-12(14)11(10)5-8(7)2/h5-6,10H,7H2,1-4H3;4-5,9H,6H2,1-3H3,(H,13,14). The van der Waals surface area contributed by atoms with Gasteiger partial charge in [-0.05, 0) is 99.9 Å². The molecule has 4 heteroatoms. The first-order valence-electron chi connectivity index (χ1n) is 10.4. The number of amides is 2. The summed E-state index contributed by atoms with van der Waals surface area (Å²) in [6, 6.07) is 8.89. The number of benzene rings is 2. The second-order valence-electron chi connectivity index (χ2n) is 8.74. The van der Waals surface area contributed by atoms with E-state index in [1.807, 2.05) is 37.9 Å². The number of carbonyl (C=O) groups is 2. The Bertz CT molecular complexity index is 977. The molecule has 0 fully saturated rings. The van der Waals surface area contributed by atoms with Crippen LogP contribution in [0.5, 0.6) is 0 Å². The summed E-state index contributed by atoms with van der Waals surface area (Å²) in [7, 11) is 1.88. The van der Waals surface area contributed by atoms with Crippen LogP contribution in [0.3, 0.4) is 0 Å². The summed E-state index contributed by atoms with van der Waals surface area (Å²) in [4.78, 5) is 25.5. The maximum Gasteiger partial charge on any atom is 0.254 e. The highest BCUT2D eigenvalue weighted by atomic mass is 16.2. The minimum Gasteiger partial charge on any atom is -0.349 e. The zero-order chi connectivity index (χ0) is 21.5. The number of hydrogen-bond acceptors (Lipinski definition) is 2. The Morgan fingerprint density at radius 1 is 0.793 bits per heavy atom. The van der Waals surface area contributed by atoms with E-state index in [9.17, 15) is 9.59 Å². The number of aryl methyl sites for hydroxylation is 4. The first-order valence-corrected chi connectivity index (χ1v) is 10.4. The number of hydrogen-bond donors (Lipinski definition) is 1. The summed E-state index contributed by atoms with van der Waals surface area (Å²) in [5, 5.41) is 2.94. The lowest BCUT2D eigenvalue weighted by molar-refractivity contribution is 0.0720. The van der Waals surface area contributed by atoms with Crippen molar-refractivity contribution in [2.75, 3.05) is 7.05 Å². The van der Waals surface area contributed by atoms with E-state index in [1.165, 1.54) is 33.4 Å². The van der Waals surface area contributed by atoms with Crippen molar-refractivity contribution in [3.8, 4) is 0 Å². The fourth-order valence-electron chi connectivity index (χ4n) is 4.03. The van der Waals surface area contributed by atoms with E-state index >= 15 is 0 Å². The van der Waals surface area contributed by atoms with E-state index in [0.29, 0.717) is 6.04 Å². The summed E-state index contributed by atoms with van der Waals surface area (Å²) < 4.78 is 0. The predicted molar refractivity (Wildman–Crippen MR) is 118 cm³/mol. The van der Waals surface area contributed by atoms with Gasteiger partial charge in [-0.2, -0.15) is 0 Å². The van der Waals surface area contributed by atoms with Gasteiger partial charge in [0.05, 0.1) is 0 Å². The molecule has 2 atom stereocenters. The lowest BCUT2D eigenvalue weighted by Gasteiger charge is -2.31. The highest BCUT2D eigenvalue weighted by molar-refractivity contribution is 5.97. The molecule has 154 valence electrons. The Balaban J connectivity index is 0.000000166.